The maximum absolute atomic E-state index is 12.3. The Labute approximate surface area is 256 Å². The molecule has 0 aliphatic carbocycles. The number of hydrogen-bond acceptors (Lipinski definition) is 3. The molecule has 3 N–H and O–H groups in total. The molecule has 0 aliphatic rings. The van der Waals surface area contributed by atoms with Crippen molar-refractivity contribution in [1.29, 1.82) is 0 Å². The molecule has 2 atom stereocenters. The molecule has 0 rings (SSSR count). The minimum atomic E-state index is -0.837. The van der Waals surface area contributed by atoms with Gasteiger partial charge in [-0.2, -0.15) is 0 Å². The van der Waals surface area contributed by atoms with Crippen molar-refractivity contribution in [2.45, 2.75) is 199 Å². The average Bonchev–Trinajstić information content (AvgIpc) is 2.97. The highest BCUT2D eigenvalue weighted by Gasteiger charge is 2.17. The fourth-order valence-corrected chi connectivity index (χ4v) is 5.36. The van der Waals surface area contributed by atoms with Crippen molar-refractivity contribution in [2.75, 3.05) is 6.61 Å². The molecule has 0 aliphatic heterocycles. The Morgan fingerprint density at radius 2 is 0.976 bits per heavy atom. The first kappa shape index (κ1) is 39.9. The molecule has 0 heterocycles. The van der Waals surface area contributed by atoms with E-state index < -0.39 is 12.1 Å². The van der Waals surface area contributed by atoms with Gasteiger partial charge in [-0.1, -0.05) is 167 Å². The summed E-state index contributed by atoms with van der Waals surface area (Å²) in [4.78, 5) is 12.3. The maximum atomic E-state index is 12.3. The van der Waals surface area contributed by atoms with Crippen LogP contribution in [0.25, 0.3) is 0 Å². The van der Waals surface area contributed by atoms with E-state index in [0.29, 0.717) is 6.42 Å². The van der Waals surface area contributed by atoms with Crippen LogP contribution in [-0.2, 0) is 4.79 Å². The Morgan fingerprint density at radius 1 is 0.561 bits per heavy atom. The second kappa shape index (κ2) is 33.4. The standard InChI is InChI=1S/C37H71NO3/c1-3-5-7-9-11-13-15-17-18-19-21-23-25-27-29-31-33-37(41)38-35(34-39)36(40)32-30-28-26-24-22-20-16-14-12-10-8-6-4-2/h8,10,30,32,35-36,39-40H,3-7,9,11-29,31,33-34H2,1-2H3,(H,38,41)/b10-8+,32-30+/t35-,36+/m0/s1. The van der Waals surface area contributed by atoms with Gasteiger partial charge in [-0.3, -0.25) is 4.79 Å². The second-order valence-electron chi connectivity index (χ2n) is 12.3. The number of hydrogen-bond donors (Lipinski definition) is 3. The molecular formula is C37H71NO3. The molecule has 4 nitrogen and oxygen atoms in total. The molecule has 41 heavy (non-hydrogen) atoms. The highest BCUT2D eigenvalue weighted by atomic mass is 16.3. The van der Waals surface area contributed by atoms with Gasteiger partial charge in [0.1, 0.15) is 0 Å². The van der Waals surface area contributed by atoms with Crippen LogP contribution in [0.3, 0.4) is 0 Å². The van der Waals surface area contributed by atoms with E-state index in [1.54, 1.807) is 6.08 Å². The van der Waals surface area contributed by atoms with Crippen molar-refractivity contribution in [3.05, 3.63) is 24.3 Å². The second-order valence-corrected chi connectivity index (χ2v) is 12.3. The van der Waals surface area contributed by atoms with E-state index in [4.69, 9.17) is 0 Å². The smallest absolute Gasteiger partial charge is 0.220 e. The van der Waals surface area contributed by atoms with Crippen LogP contribution in [0, 0.1) is 0 Å². The molecular weight excluding hydrogens is 506 g/mol. The van der Waals surface area contributed by atoms with Crippen LogP contribution in [0.4, 0.5) is 0 Å². The molecule has 0 saturated heterocycles. The number of aliphatic hydroxyl groups is 2. The fraction of sp³-hybridized carbons (Fsp3) is 0.865. The highest BCUT2D eigenvalue weighted by molar-refractivity contribution is 5.76. The monoisotopic (exact) mass is 578 g/mol. The van der Waals surface area contributed by atoms with E-state index in [1.807, 2.05) is 6.08 Å². The lowest BCUT2D eigenvalue weighted by Gasteiger charge is -2.20. The van der Waals surface area contributed by atoms with E-state index in [9.17, 15) is 15.0 Å². The van der Waals surface area contributed by atoms with Crippen LogP contribution in [0.5, 0.6) is 0 Å². The van der Waals surface area contributed by atoms with Crippen LogP contribution in [0.1, 0.15) is 187 Å². The van der Waals surface area contributed by atoms with Crippen LogP contribution in [0.2, 0.25) is 0 Å². The third kappa shape index (κ3) is 30.1. The van der Waals surface area contributed by atoms with Gasteiger partial charge >= 0.3 is 0 Å². The summed E-state index contributed by atoms with van der Waals surface area (Å²) in [6.45, 7) is 4.25. The number of nitrogens with one attached hydrogen (secondary N) is 1. The third-order valence-corrected chi connectivity index (χ3v) is 8.16. The van der Waals surface area contributed by atoms with Crippen molar-refractivity contribution in [3.63, 3.8) is 0 Å². The summed E-state index contributed by atoms with van der Waals surface area (Å²) in [7, 11) is 0. The minimum Gasteiger partial charge on any atom is -0.394 e. The van der Waals surface area contributed by atoms with E-state index >= 15 is 0 Å². The number of unbranched alkanes of at least 4 members (excludes halogenated alkanes) is 23. The predicted molar refractivity (Wildman–Crippen MR) is 179 cm³/mol. The lowest BCUT2D eigenvalue weighted by atomic mass is 10.0. The van der Waals surface area contributed by atoms with Crippen LogP contribution >= 0.6 is 0 Å². The summed E-state index contributed by atoms with van der Waals surface area (Å²) in [6.07, 6.45) is 41.1. The molecule has 0 radical (unpaired) electrons. The van der Waals surface area contributed by atoms with E-state index in [-0.39, 0.29) is 12.5 Å². The van der Waals surface area contributed by atoms with Gasteiger partial charge in [-0.25, -0.2) is 0 Å². The summed E-state index contributed by atoms with van der Waals surface area (Å²) < 4.78 is 0. The number of allylic oxidation sites excluding steroid dienone is 3. The Bertz CT molecular complexity index is 589. The number of carbonyl (C=O) groups is 1. The first-order chi connectivity index (χ1) is 20.2. The number of carbonyl (C=O) groups excluding carboxylic acids is 1. The molecule has 4 heteroatoms. The van der Waals surface area contributed by atoms with Crippen LogP contribution < -0.4 is 5.32 Å². The molecule has 0 fully saturated rings. The lowest BCUT2D eigenvalue weighted by Crippen LogP contribution is -2.45. The normalized spacial score (nSPS) is 13.4. The Kier molecular flexibility index (Phi) is 32.5. The minimum absolute atomic E-state index is 0.0669. The highest BCUT2D eigenvalue weighted by Crippen LogP contribution is 2.14. The van der Waals surface area contributed by atoms with Gasteiger partial charge in [0.25, 0.3) is 0 Å². The molecule has 0 spiro atoms. The fourth-order valence-electron chi connectivity index (χ4n) is 5.36. The summed E-state index contributed by atoms with van der Waals surface area (Å²) in [5.41, 5.74) is 0. The zero-order valence-electron chi connectivity index (χ0n) is 27.6. The zero-order valence-corrected chi connectivity index (χ0v) is 27.6. The quantitative estimate of drug-likeness (QED) is 0.0550. The zero-order chi connectivity index (χ0) is 30.1. The molecule has 0 aromatic carbocycles. The Hall–Kier alpha value is -1.13. The third-order valence-electron chi connectivity index (χ3n) is 8.16. The molecule has 1 amide bonds. The topological polar surface area (TPSA) is 69.6 Å². The molecule has 0 aromatic rings. The SMILES string of the molecule is CCC/C=C/CCCCCCCC/C=C/[C@@H](O)[C@H](CO)NC(=O)CCCCCCCCCCCCCCCCCC. The Balaban J connectivity index is 3.61. The van der Waals surface area contributed by atoms with Gasteiger partial charge in [-0.05, 0) is 38.5 Å². The average molecular weight is 578 g/mol. The molecule has 242 valence electrons. The van der Waals surface area contributed by atoms with Gasteiger partial charge in [0.2, 0.25) is 5.91 Å². The van der Waals surface area contributed by atoms with Gasteiger partial charge in [0.05, 0.1) is 18.8 Å². The molecule has 0 unspecified atom stereocenters. The van der Waals surface area contributed by atoms with Gasteiger partial charge in [0, 0.05) is 6.42 Å². The van der Waals surface area contributed by atoms with Crippen molar-refractivity contribution < 1.29 is 15.0 Å². The van der Waals surface area contributed by atoms with Crippen molar-refractivity contribution in [2.24, 2.45) is 0 Å². The summed E-state index contributed by atoms with van der Waals surface area (Å²) in [5, 5.41) is 22.8. The van der Waals surface area contributed by atoms with Gasteiger partial charge < -0.3 is 15.5 Å². The predicted octanol–water partition coefficient (Wildman–Crippen LogP) is 10.5. The van der Waals surface area contributed by atoms with E-state index in [0.717, 1.165) is 25.7 Å². The molecule has 0 bridgehead atoms. The number of amides is 1. The van der Waals surface area contributed by atoms with Crippen molar-refractivity contribution in [3.8, 4) is 0 Å². The number of rotatable bonds is 32. The lowest BCUT2D eigenvalue weighted by molar-refractivity contribution is -0.123. The van der Waals surface area contributed by atoms with Crippen molar-refractivity contribution in [1.82, 2.24) is 5.32 Å². The van der Waals surface area contributed by atoms with Crippen LogP contribution in [-0.4, -0.2) is 34.9 Å². The maximum Gasteiger partial charge on any atom is 0.220 e. The molecule has 0 aromatic heterocycles. The van der Waals surface area contributed by atoms with E-state index in [2.05, 4.69) is 31.3 Å². The summed E-state index contributed by atoms with van der Waals surface area (Å²) in [6, 6.07) is -0.619. The van der Waals surface area contributed by atoms with Gasteiger partial charge in [0.15, 0.2) is 0 Å². The largest absolute Gasteiger partial charge is 0.394 e. The van der Waals surface area contributed by atoms with Crippen LogP contribution in [0.15, 0.2) is 24.3 Å². The number of aliphatic hydroxyl groups excluding tert-OH is 2. The first-order valence-corrected chi connectivity index (χ1v) is 18.1. The van der Waals surface area contributed by atoms with E-state index in [1.165, 1.54) is 141 Å². The van der Waals surface area contributed by atoms with Crippen molar-refractivity contribution >= 4 is 5.91 Å². The molecule has 0 saturated carbocycles. The first-order valence-electron chi connectivity index (χ1n) is 18.1. The van der Waals surface area contributed by atoms with Gasteiger partial charge in [-0.15, -0.1) is 0 Å². The summed E-state index contributed by atoms with van der Waals surface area (Å²) in [5.74, 6) is -0.0669. The summed E-state index contributed by atoms with van der Waals surface area (Å²) >= 11 is 0. The Morgan fingerprint density at radius 3 is 1.44 bits per heavy atom.